The average molecular weight is 241 g/mol. The molecule has 1 rings (SSSR count). The highest BCUT2D eigenvalue weighted by molar-refractivity contribution is 4.76. The number of rotatable bonds is 8. The molecule has 0 unspecified atom stereocenters. The Hall–Kier alpha value is -0.120. The van der Waals surface area contributed by atoms with E-state index in [1.54, 1.807) is 0 Å². The van der Waals surface area contributed by atoms with Gasteiger partial charge < -0.3 is 15.1 Å². The van der Waals surface area contributed by atoms with Gasteiger partial charge in [0.1, 0.15) is 0 Å². The second kappa shape index (κ2) is 8.90. The van der Waals surface area contributed by atoms with Crippen molar-refractivity contribution in [3.63, 3.8) is 0 Å². The van der Waals surface area contributed by atoms with Crippen LogP contribution in [-0.4, -0.2) is 62.2 Å². The van der Waals surface area contributed by atoms with Crippen molar-refractivity contribution in [1.29, 1.82) is 0 Å². The van der Waals surface area contributed by atoms with E-state index in [4.69, 9.17) is 0 Å². The Morgan fingerprint density at radius 3 is 2.06 bits per heavy atom. The molecule has 0 radical (unpaired) electrons. The summed E-state index contributed by atoms with van der Waals surface area (Å²) in [5.74, 6) is 0. The zero-order valence-corrected chi connectivity index (χ0v) is 12.0. The molecule has 1 fully saturated rings. The fourth-order valence-corrected chi connectivity index (χ4v) is 2.70. The Balaban J connectivity index is 2.21. The summed E-state index contributed by atoms with van der Waals surface area (Å²) in [6.45, 7) is 11.9. The van der Waals surface area contributed by atoms with Crippen LogP contribution in [0.4, 0.5) is 0 Å². The van der Waals surface area contributed by atoms with Gasteiger partial charge >= 0.3 is 0 Å². The van der Waals surface area contributed by atoms with Crippen LogP contribution in [0.3, 0.4) is 0 Å². The van der Waals surface area contributed by atoms with Crippen LogP contribution < -0.4 is 5.32 Å². The molecule has 0 aliphatic carbocycles. The van der Waals surface area contributed by atoms with E-state index < -0.39 is 0 Å². The van der Waals surface area contributed by atoms with E-state index in [2.05, 4.69) is 36.0 Å². The van der Waals surface area contributed by atoms with Crippen LogP contribution in [0, 0.1) is 0 Å². The predicted molar refractivity (Wildman–Crippen MR) is 75.5 cm³/mol. The van der Waals surface area contributed by atoms with Crippen LogP contribution in [0.15, 0.2) is 0 Å². The van der Waals surface area contributed by atoms with E-state index in [0.717, 1.165) is 6.04 Å². The third-order valence-corrected chi connectivity index (χ3v) is 3.78. The van der Waals surface area contributed by atoms with E-state index in [1.807, 2.05) is 0 Å². The quantitative estimate of drug-likeness (QED) is 0.699. The van der Waals surface area contributed by atoms with Gasteiger partial charge in [0.05, 0.1) is 0 Å². The summed E-state index contributed by atoms with van der Waals surface area (Å²) in [5.41, 5.74) is 0. The lowest BCUT2D eigenvalue weighted by molar-refractivity contribution is 0.165. The Morgan fingerprint density at radius 2 is 1.53 bits per heavy atom. The number of nitrogens with one attached hydrogen (secondary N) is 1. The summed E-state index contributed by atoms with van der Waals surface area (Å²) >= 11 is 0. The smallest absolute Gasteiger partial charge is 0.0117 e. The lowest BCUT2D eigenvalue weighted by atomic mass is 10.1. The van der Waals surface area contributed by atoms with Crippen molar-refractivity contribution in [3.8, 4) is 0 Å². The van der Waals surface area contributed by atoms with Gasteiger partial charge in [0.2, 0.25) is 0 Å². The summed E-state index contributed by atoms with van der Waals surface area (Å²) in [7, 11) is 2.30. The molecule has 3 heteroatoms. The van der Waals surface area contributed by atoms with Gasteiger partial charge in [-0.2, -0.15) is 0 Å². The molecular formula is C14H31N3. The first-order valence-electron chi connectivity index (χ1n) is 7.41. The number of hydrogen-bond acceptors (Lipinski definition) is 3. The summed E-state index contributed by atoms with van der Waals surface area (Å²) in [4.78, 5) is 5.18. The Kier molecular flexibility index (Phi) is 7.82. The van der Waals surface area contributed by atoms with Gasteiger partial charge in [-0.3, -0.25) is 0 Å². The monoisotopic (exact) mass is 241 g/mol. The molecule has 0 amide bonds. The van der Waals surface area contributed by atoms with Crippen molar-refractivity contribution < 1.29 is 0 Å². The zero-order chi connectivity index (χ0) is 12.5. The first kappa shape index (κ1) is 14.9. The standard InChI is InChI=1S/C14H31N3/c1-4-10-17(11-5-2)13-12-16(3)14-6-8-15-9-7-14/h14-15H,4-13H2,1-3H3. The first-order valence-corrected chi connectivity index (χ1v) is 7.41. The molecular weight excluding hydrogens is 210 g/mol. The van der Waals surface area contributed by atoms with Crippen molar-refractivity contribution in [2.24, 2.45) is 0 Å². The van der Waals surface area contributed by atoms with E-state index in [0.29, 0.717) is 0 Å². The molecule has 17 heavy (non-hydrogen) atoms. The molecule has 0 aromatic rings. The third kappa shape index (κ3) is 5.84. The Bertz CT molecular complexity index is 172. The van der Waals surface area contributed by atoms with Crippen molar-refractivity contribution in [2.45, 2.75) is 45.6 Å². The van der Waals surface area contributed by atoms with Gasteiger partial charge in [0, 0.05) is 19.1 Å². The summed E-state index contributed by atoms with van der Waals surface area (Å²) in [5, 5.41) is 3.44. The zero-order valence-electron chi connectivity index (χ0n) is 12.0. The van der Waals surface area contributed by atoms with Gasteiger partial charge in [0.25, 0.3) is 0 Å². The van der Waals surface area contributed by atoms with Crippen LogP contribution in [-0.2, 0) is 0 Å². The molecule has 1 heterocycles. The van der Waals surface area contributed by atoms with Crippen LogP contribution in [0.25, 0.3) is 0 Å². The minimum absolute atomic E-state index is 0.807. The maximum Gasteiger partial charge on any atom is 0.0117 e. The topological polar surface area (TPSA) is 18.5 Å². The molecule has 0 aromatic heterocycles. The molecule has 1 aliphatic heterocycles. The van der Waals surface area contributed by atoms with Crippen molar-refractivity contribution in [2.75, 3.05) is 46.3 Å². The number of likely N-dealkylation sites (N-methyl/N-ethyl adjacent to an activating group) is 1. The van der Waals surface area contributed by atoms with E-state index in [-0.39, 0.29) is 0 Å². The SMILES string of the molecule is CCCN(CCC)CCN(C)C1CCNCC1. The summed E-state index contributed by atoms with van der Waals surface area (Å²) in [6, 6.07) is 0.807. The highest BCUT2D eigenvalue weighted by Crippen LogP contribution is 2.09. The second-order valence-corrected chi connectivity index (χ2v) is 5.30. The second-order valence-electron chi connectivity index (χ2n) is 5.30. The van der Waals surface area contributed by atoms with E-state index >= 15 is 0 Å². The fraction of sp³-hybridized carbons (Fsp3) is 1.00. The highest BCUT2D eigenvalue weighted by Gasteiger charge is 2.17. The molecule has 1 aliphatic rings. The van der Waals surface area contributed by atoms with Crippen molar-refractivity contribution in [1.82, 2.24) is 15.1 Å². The minimum atomic E-state index is 0.807. The molecule has 0 atom stereocenters. The van der Waals surface area contributed by atoms with Crippen molar-refractivity contribution in [3.05, 3.63) is 0 Å². The Morgan fingerprint density at radius 1 is 0.941 bits per heavy atom. The summed E-state index contributed by atoms with van der Waals surface area (Å²) < 4.78 is 0. The number of piperidine rings is 1. The van der Waals surface area contributed by atoms with Gasteiger partial charge in [0.15, 0.2) is 0 Å². The maximum absolute atomic E-state index is 3.44. The third-order valence-electron chi connectivity index (χ3n) is 3.78. The van der Waals surface area contributed by atoms with Crippen LogP contribution in [0.1, 0.15) is 39.5 Å². The lowest BCUT2D eigenvalue weighted by Gasteiger charge is -2.33. The maximum atomic E-state index is 3.44. The number of nitrogens with zero attached hydrogens (tertiary/aromatic N) is 2. The molecule has 3 nitrogen and oxygen atoms in total. The van der Waals surface area contributed by atoms with Gasteiger partial charge in [-0.25, -0.2) is 0 Å². The normalized spacial score (nSPS) is 18.2. The number of hydrogen-bond donors (Lipinski definition) is 1. The lowest BCUT2D eigenvalue weighted by Crippen LogP contribution is -2.44. The van der Waals surface area contributed by atoms with E-state index in [1.165, 1.54) is 65.0 Å². The minimum Gasteiger partial charge on any atom is -0.317 e. The van der Waals surface area contributed by atoms with Crippen LogP contribution in [0.2, 0.25) is 0 Å². The largest absolute Gasteiger partial charge is 0.317 e. The van der Waals surface area contributed by atoms with Crippen LogP contribution in [0.5, 0.6) is 0 Å². The van der Waals surface area contributed by atoms with E-state index in [9.17, 15) is 0 Å². The molecule has 1 saturated heterocycles. The van der Waals surface area contributed by atoms with Gasteiger partial charge in [-0.05, 0) is 58.9 Å². The fourth-order valence-electron chi connectivity index (χ4n) is 2.70. The first-order chi connectivity index (χ1) is 8.27. The van der Waals surface area contributed by atoms with Gasteiger partial charge in [-0.1, -0.05) is 13.8 Å². The summed E-state index contributed by atoms with van der Waals surface area (Å²) in [6.07, 6.45) is 5.18. The molecule has 0 spiro atoms. The predicted octanol–water partition coefficient (Wildman–Crippen LogP) is 1.79. The molecule has 102 valence electrons. The molecule has 1 N–H and O–H groups in total. The highest BCUT2D eigenvalue weighted by atomic mass is 15.2. The average Bonchev–Trinajstić information content (AvgIpc) is 2.37. The van der Waals surface area contributed by atoms with Crippen molar-refractivity contribution >= 4 is 0 Å². The van der Waals surface area contributed by atoms with Gasteiger partial charge in [-0.15, -0.1) is 0 Å². The Labute approximate surface area is 108 Å². The molecule has 0 aromatic carbocycles. The van der Waals surface area contributed by atoms with Crippen LogP contribution >= 0.6 is 0 Å². The molecule has 0 bridgehead atoms. The molecule has 0 saturated carbocycles.